The van der Waals surface area contributed by atoms with Crippen LogP contribution >= 0.6 is 0 Å². The number of benzene rings is 3. The van der Waals surface area contributed by atoms with Gasteiger partial charge in [0.15, 0.2) is 0 Å². The van der Waals surface area contributed by atoms with Gasteiger partial charge in [0.2, 0.25) is 0 Å². The number of hydrogen-bond acceptors (Lipinski definition) is 4. The van der Waals surface area contributed by atoms with Gasteiger partial charge in [-0.2, -0.15) is 0 Å². The van der Waals surface area contributed by atoms with Crippen LogP contribution in [-0.4, -0.2) is 22.2 Å². The summed E-state index contributed by atoms with van der Waals surface area (Å²) in [7, 11) is 0. The number of phenols is 1. The number of primary amides is 1. The Kier molecular flexibility index (Phi) is 6.87. The van der Waals surface area contributed by atoms with Crippen molar-refractivity contribution in [1.29, 1.82) is 0 Å². The second-order valence-electron chi connectivity index (χ2n) is 7.75. The molecule has 0 fully saturated rings. The first kappa shape index (κ1) is 21.6. The van der Waals surface area contributed by atoms with Gasteiger partial charge in [0, 0.05) is 12.0 Å². The summed E-state index contributed by atoms with van der Waals surface area (Å²) in [4.78, 5) is 11.5. The van der Waals surface area contributed by atoms with Crippen LogP contribution in [0.1, 0.15) is 52.4 Å². The molecule has 0 radical (unpaired) electrons. The molecule has 3 unspecified atom stereocenters. The molecule has 0 aliphatic carbocycles. The van der Waals surface area contributed by atoms with Crippen molar-refractivity contribution >= 4 is 5.91 Å². The normalized spacial score (nSPS) is 14.3. The quantitative estimate of drug-likeness (QED) is 0.459. The Morgan fingerprint density at radius 1 is 0.900 bits per heavy atom. The van der Waals surface area contributed by atoms with Crippen LogP contribution < -0.4 is 11.5 Å². The predicted molar refractivity (Wildman–Crippen MR) is 118 cm³/mol. The topological polar surface area (TPSA) is 110 Å². The van der Waals surface area contributed by atoms with Crippen LogP contribution in [0.25, 0.3) is 0 Å². The minimum atomic E-state index is -0.995. The average Bonchev–Trinajstić information content (AvgIpc) is 2.77. The highest BCUT2D eigenvalue weighted by atomic mass is 16.3. The lowest BCUT2D eigenvalue weighted by atomic mass is 9.80. The second-order valence-corrected chi connectivity index (χ2v) is 7.75. The molecular weight excluding hydrogens is 376 g/mol. The van der Waals surface area contributed by atoms with E-state index in [4.69, 9.17) is 11.5 Å². The zero-order valence-electron chi connectivity index (χ0n) is 17.0. The van der Waals surface area contributed by atoms with Crippen molar-refractivity contribution in [1.82, 2.24) is 0 Å². The first-order chi connectivity index (χ1) is 14.4. The molecule has 0 aliphatic rings. The Hall–Kier alpha value is -3.15. The Morgan fingerprint density at radius 3 is 1.93 bits per heavy atom. The molecule has 3 aromatic rings. The third-order valence-corrected chi connectivity index (χ3v) is 5.66. The molecule has 0 aliphatic heterocycles. The van der Waals surface area contributed by atoms with Crippen molar-refractivity contribution in [3.8, 4) is 5.75 Å². The van der Waals surface area contributed by atoms with Crippen molar-refractivity contribution in [3.05, 3.63) is 101 Å². The van der Waals surface area contributed by atoms with Gasteiger partial charge in [0.05, 0.1) is 11.7 Å². The van der Waals surface area contributed by atoms with Gasteiger partial charge < -0.3 is 21.7 Å². The minimum absolute atomic E-state index is 0.0298. The van der Waals surface area contributed by atoms with Gasteiger partial charge in [-0.25, -0.2) is 0 Å². The monoisotopic (exact) mass is 404 g/mol. The Bertz CT molecular complexity index is 937. The molecule has 3 atom stereocenters. The second kappa shape index (κ2) is 9.57. The average molecular weight is 405 g/mol. The molecule has 0 saturated heterocycles. The highest BCUT2D eigenvalue weighted by Crippen LogP contribution is 2.34. The van der Waals surface area contributed by atoms with E-state index in [1.54, 1.807) is 6.07 Å². The molecule has 156 valence electrons. The summed E-state index contributed by atoms with van der Waals surface area (Å²) in [6.07, 6.45) is -0.251. The van der Waals surface area contributed by atoms with Crippen LogP contribution in [0.15, 0.2) is 78.9 Å². The Morgan fingerprint density at radius 2 is 1.43 bits per heavy atom. The molecule has 5 nitrogen and oxygen atoms in total. The molecule has 0 spiro atoms. The first-order valence-electron chi connectivity index (χ1n) is 10.0. The molecule has 1 amide bonds. The molecule has 3 rings (SSSR count). The number of nitrogens with two attached hydrogens (primary N) is 2. The van der Waals surface area contributed by atoms with Gasteiger partial charge in [-0.05, 0) is 41.2 Å². The number of hydrogen-bond donors (Lipinski definition) is 4. The zero-order valence-corrected chi connectivity index (χ0v) is 17.0. The third-order valence-electron chi connectivity index (χ3n) is 5.66. The van der Waals surface area contributed by atoms with E-state index in [0.29, 0.717) is 5.56 Å². The maximum absolute atomic E-state index is 11.5. The highest BCUT2D eigenvalue weighted by Gasteiger charge is 2.27. The molecule has 0 saturated carbocycles. The van der Waals surface area contributed by atoms with E-state index >= 15 is 0 Å². The van der Waals surface area contributed by atoms with Crippen molar-refractivity contribution in [2.75, 3.05) is 0 Å². The number of rotatable bonds is 8. The third kappa shape index (κ3) is 4.87. The van der Waals surface area contributed by atoms with Crippen LogP contribution in [0.4, 0.5) is 0 Å². The summed E-state index contributed by atoms with van der Waals surface area (Å²) >= 11 is 0. The summed E-state index contributed by atoms with van der Waals surface area (Å²) < 4.78 is 0. The number of carbonyl (C=O) groups is 1. The fourth-order valence-electron chi connectivity index (χ4n) is 3.83. The van der Waals surface area contributed by atoms with E-state index in [0.717, 1.165) is 6.42 Å². The van der Waals surface area contributed by atoms with Crippen molar-refractivity contribution in [3.63, 3.8) is 0 Å². The van der Waals surface area contributed by atoms with Gasteiger partial charge in [-0.15, -0.1) is 0 Å². The smallest absolute Gasteiger partial charge is 0.252 e. The van der Waals surface area contributed by atoms with E-state index < -0.39 is 18.1 Å². The Labute approximate surface area is 177 Å². The van der Waals surface area contributed by atoms with Crippen molar-refractivity contribution < 1.29 is 15.0 Å². The van der Waals surface area contributed by atoms with E-state index in [-0.39, 0.29) is 23.1 Å². The van der Waals surface area contributed by atoms with Gasteiger partial charge in [0.25, 0.3) is 5.91 Å². The molecule has 30 heavy (non-hydrogen) atoms. The lowest BCUT2D eigenvalue weighted by Crippen LogP contribution is -2.36. The Balaban J connectivity index is 1.83. The van der Waals surface area contributed by atoms with Crippen LogP contribution in [0.2, 0.25) is 0 Å². The fourth-order valence-corrected chi connectivity index (χ4v) is 3.83. The largest absolute Gasteiger partial charge is 0.507 e. The van der Waals surface area contributed by atoms with Crippen LogP contribution in [0.5, 0.6) is 5.75 Å². The standard InChI is InChI=1S/C25H28N2O3/c1-16(23(26)24(29)19-12-13-22(28)21(15-19)25(27)30)14-20(17-8-4-2-5-9-17)18-10-6-3-7-11-18/h2-13,15-16,20,23-24,28-29H,14,26H2,1H3,(H2,27,30). The molecule has 0 aromatic heterocycles. The molecule has 5 heteroatoms. The van der Waals surface area contributed by atoms with E-state index in [1.807, 2.05) is 43.3 Å². The van der Waals surface area contributed by atoms with Gasteiger partial charge in [-0.3, -0.25) is 4.79 Å². The summed E-state index contributed by atoms with van der Waals surface area (Å²) in [6.45, 7) is 2.02. The van der Waals surface area contributed by atoms with E-state index in [1.165, 1.54) is 23.3 Å². The SMILES string of the molecule is CC(CC(c1ccccc1)c1ccccc1)C(N)C(O)c1ccc(O)c(C(N)=O)c1. The first-order valence-corrected chi connectivity index (χ1v) is 10.0. The van der Waals surface area contributed by atoms with Crippen LogP contribution in [0.3, 0.4) is 0 Å². The number of aliphatic hydroxyl groups is 1. The van der Waals surface area contributed by atoms with E-state index in [9.17, 15) is 15.0 Å². The van der Waals surface area contributed by atoms with E-state index in [2.05, 4.69) is 24.3 Å². The lowest BCUT2D eigenvalue weighted by Gasteiger charge is -2.29. The van der Waals surface area contributed by atoms with Gasteiger partial charge in [-0.1, -0.05) is 73.7 Å². The summed E-state index contributed by atoms with van der Waals surface area (Å²) in [6, 6.07) is 24.2. The molecule has 0 bridgehead atoms. The predicted octanol–water partition coefficient (Wildman–Crippen LogP) is 3.71. The number of carbonyl (C=O) groups excluding carboxylic acids is 1. The zero-order chi connectivity index (χ0) is 21.7. The molecule has 0 heterocycles. The number of amides is 1. The van der Waals surface area contributed by atoms with Crippen molar-refractivity contribution in [2.45, 2.75) is 31.4 Å². The summed E-state index contributed by atoms with van der Waals surface area (Å²) in [5.74, 6) is -0.859. The number of aromatic hydroxyl groups is 1. The maximum atomic E-state index is 11.5. The highest BCUT2D eigenvalue weighted by molar-refractivity contribution is 5.95. The molecule has 6 N–H and O–H groups in total. The number of aliphatic hydroxyl groups excluding tert-OH is 1. The van der Waals surface area contributed by atoms with Gasteiger partial charge in [0.1, 0.15) is 5.75 Å². The van der Waals surface area contributed by atoms with Crippen LogP contribution in [0, 0.1) is 5.92 Å². The molecular formula is C25H28N2O3. The van der Waals surface area contributed by atoms with Crippen molar-refractivity contribution in [2.24, 2.45) is 17.4 Å². The van der Waals surface area contributed by atoms with Crippen LogP contribution in [-0.2, 0) is 0 Å². The summed E-state index contributed by atoms with van der Waals surface area (Å²) in [5, 5.41) is 20.6. The minimum Gasteiger partial charge on any atom is -0.507 e. The maximum Gasteiger partial charge on any atom is 0.252 e. The molecule has 3 aromatic carbocycles. The fraction of sp³-hybridized carbons (Fsp3) is 0.240. The lowest BCUT2D eigenvalue weighted by molar-refractivity contribution is 0.0996. The van der Waals surface area contributed by atoms with Gasteiger partial charge >= 0.3 is 0 Å². The summed E-state index contributed by atoms with van der Waals surface area (Å²) in [5.41, 5.74) is 14.5.